The van der Waals surface area contributed by atoms with Gasteiger partial charge in [0.1, 0.15) is 5.69 Å². The summed E-state index contributed by atoms with van der Waals surface area (Å²) < 4.78 is 0. The van der Waals surface area contributed by atoms with Crippen LogP contribution in [0.2, 0.25) is 0 Å². The quantitative estimate of drug-likeness (QED) is 0.718. The van der Waals surface area contributed by atoms with Crippen LogP contribution in [0.5, 0.6) is 0 Å². The summed E-state index contributed by atoms with van der Waals surface area (Å²) in [4.78, 5) is 18.9. The normalized spacial score (nSPS) is 10.7. The van der Waals surface area contributed by atoms with Crippen LogP contribution < -0.4 is 5.73 Å². The number of amides is 1. The third-order valence-corrected chi connectivity index (χ3v) is 2.87. The zero-order chi connectivity index (χ0) is 12.5. The highest BCUT2D eigenvalue weighted by atomic mass is 16.1. The zero-order valence-electron chi connectivity index (χ0n) is 9.55. The average Bonchev–Trinajstić information content (AvgIpc) is 2.79. The van der Waals surface area contributed by atoms with E-state index in [0.717, 1.165) is 22.2 Å². The van der Waals surface area contributed by atoms with Gasteiger partial charge in [0.05, 0.1) is 5.69 Å². The van der Waals surface area contributed by atoms with E-state index in [-0.39, 0.29) is 0 Å². The number of carbonyl (C=O) groups excluding carboxylic acids is 1. The van der Waals surface area contributed by atoms with E-state index in [9.17, 15) is 4.79 Å². The van der Waals surface area contributed by atoms with Gasteiger partial charge in [0.2, 0.25) is 0 Å². The number of pyridine rings is 1. The molecule has 0 atom stereocenters. The molecule has 0 fully saturated rings. The summed E-state index contributed by atoms with van der Waals surface area (Å²) in [5.74, 6) is -0.480. The Balaban J connectivity index is 2.38. The molecule has 0 aliphatic rings. The van der Waals surface area contributed by atoms with Gasteiger partial charge >= 0.3 is 0 Å². The minimum Gasteiger partial charge on any atom is -0.364 e. The number of aromatic amines is 1. The van der Waals surface area contributed by atoms with Gasteiger partial charge in [-0.05, 0) is 18.2 Å². The Morgan fingerprint density at radius 1 is 1.11 bits per heavy atom. The molecular weight excluding hydrogens is 226 g/mol. The first-order chi connectivity index (χ1) is 8.77. The van der Waals surface area contributed by atoms with Gasteiger partial charge in [-0.25, -0.2) is 0 Å². The number of benzene rings is 1. The van der Waals surface area contributed by atoms with Crippen LogP contribution in [0.3, 0.4) is 0 Å². The molecule has 0 spiro atoms. The van der Waals surface area contributed by atoms with Crippen molar-refractivity contribution in [2.45, 2.75) is 0 Å². The molecule has 0 bridgehead atoms. The molecule has 2 aromatic heterocycles. The minimum absolute atomic E-state index is 0.398. The second-order valence-electron chi connectivity index (χ2n) is 4.00. The fourth-order valence-electron chi connectivity index (χ4n) is 2.10. The molecule has 0 saturated carbocycles. The van der Waals surface area contributed by atoms with Crippen LogP contribution in [0.4, 0.5) is 0 Å². The SMILES string of the molecule is NC(=O)c1[nH]c2ccccc2c1-c1ccccn1. The number of hydrogen-bond acceptors (Lipinski definition) is 2. The zero-order valence-corrected chi connectivity index (χ0v) is 9.55. The molecule has 3 N–H and O–H groups in total. The number of primary amides is 1. The summed E-state index contributed by atoms with van der Waals surface area (Å²) in [5, 5.41) is 0.949. The van der Waals surface area contributed by atoms with Crippen molar-refractivity contribution < 1.29 is 4.79 Å². The molecule has 3 rings (SSSR count). The first kappa shape index (κ1) is 10.5. The van der Waals surface area contributed by atoms with Crippen molar-refractivity contribution in [3.8, 4) is 11.3 Å². The topological polar surface area (TPSA) is 71.8 Å². The lowest BCUT2D eigenvalue weighted by Crippen LogP contribution is -2.12. The number of fused-ring (bicyclic) bond motifs is 1. The molecule has 0 aliphatic heterocycles. The van der Waals surface area contributed by atoms with E-state index < -0.39 is 5.91 Å². The van der Waals surface area contributed by atoms with Crippen molar-refractivity contribution in [1.29, 1.82) is 0 Å². The van der Waals surface area contributed by atoms with Gasteiger partial charge < -0.3 is 10.7 Å². The van der Waals surface area contributed by atoms with Crippen LogP contribution in [-0.2, 0) is 0 Å². The molecule has 18 heavy (non-hydrogen) atoms. The molecule has 88 valence electrons. The maximum Gasteiger partial charge on any atom is 0.265 e. The number of H-pyrrole nitrogens is 1. The van der Waals surface area contributed by atoms with Gasteiger partial charge in [0.25, 0.3) is 5.91 Å². The van der Waals surface area contributed by atoms with Gasteiger partial charge in [-0.15, -0.1) is 0 Å². The number of para-hydroxylation sites is 1. The van der Waals surface area contributed by atoms with E-state index in [1.165, 1.54) is 0 Å². The van der Waals surface area contributed by atoms with Crippen LogP contribution in [-0.4, -0.2) is 15.9 Å². The van der Waals surface area contributed by atoms with Crippen LogP contribution in [0.15, 0.2) is 48.7 Å². The molecule has 0 saturated heterocycles. The summed E-state index contributed by atoms with van der Waals surface area (Å²) in [7, 11) is 0. The second-order valence-corrected chi connectivity index (χ2v) is 4.00. The van der Waals surface area contributed by atoms with E-state index in [4.69, 9.17) is 5.73 Å². The fourth-order valence-corrected chi connectivity index (χ4v) is 2.10. The number of rotatable bonds is 2. The maximum absolute atomic E-state index is 11.5. The van der Waals surface area contributed by atoms with Crippen molar-refractivity contribution in [3.05, 3.63) is 54.4 Å². The Morgan fingerprint density at radius 2 is 1.89 bits per heavy atom. The van der Waals surface area contributed by atoms with Gasteiger partial charge in [-0.3, -0.25) is 9.78 Å². The van der Waals surface area contributed by atoms with Crippen molar-refractivity contribution in [2.24, 2.45) is 5.73 Å². The molecule has 1 amide bonds. The Morgan fingerprint density at radius 3 is 2.61 bits per heavy atom. The van der Waals surface area contributed by atoms with Gasteiger partial charge in [0, 0.05) is 22.7 Å². The van der Waals surface area contributed by atoms with E-state index >= 15 is 0 Å². The molecule has 2 heterocycles. The Hall–Kier alpha value is -2.62. The minimum atomic E-state index is -0.480. The standard InChI is InChI=1S/C14H11N3O/c15-14(18)13-12(11-7-3-4-8-16-11)9-5-1-2-6-10(9)17-13/h1-8,17H,(H2,15,18). The number of nitrogens with two attached hydrogens (primary N) is 1. The highest BCUT2D eigenvalue weighted by molar-refractivity contribution is 6.08. The lowest BCUT2D eigenvalue weighted by Gasteiger charge is -2.00. The Kier molecular flexibility index (Phi) is 2.34. The molecule has 0 unspecified atom stereocenters. The lowest BCUT2D eigenvalue weighted by atomic mass is 10.1. The van der Waals surface area contributed by atoms with Gasteiger partial charge in [0.15, 0.2) is 0 Å². The second kappa shape index (κ2) is 4.00. The first-order valence-electron chi connectivity index (χ1n) is 5.59. The molecule has 4 nitrogen and oxygen atoms in total. The number of nitrogens with one attached hydrogen (secondary N) is 1. The molecule has 4 heteroatoms. The number of carbonyl (C=O) groups is 1. The monoisotopic (exact) mass is 237 g/mol. The molecule has 0 radical (unpaired) electrons. The Labute approximate surface area is 103 Å². The van der Waals surface area contributed by atoms with Gasteiger partial charge in [-0.2, -0.15) is 0 Å². The smallest absolute Gasteiger partial charge is 0.265 e. The van der Waals surface area contributed by atoms with Crippen LogP contribution >= 0.6 is 0 Å². The van der Waals surface area contributed by atoms with E-state index in [1.54, 1.807) is 6.20 Å². The van der Waals surface area contributed by atoms with E-state index in [0.29, 0.717) is 5.69 Å². The summed E-state index contributed by atoms with van der Waals surface area (Å²) in [6.07, 6.45) is 1.70. The largest absolute Gasteiger partial charge is 0.364 e. The summed E-state index contributed by atoms with van der Waals surface area (Å²) >= 11 is 0. The number of aromatic nitrogens is 2. The van der Waals surface area contributed by atoms with Crippen LogP contribution in [0.25, 0.3) is 22.2 Å². The van der Waals surface area contributed by atoms with Crippen LogP contribution in [0.1, 0.15) is 10.5 Å². The van der Waals surface area contributed by atoms with Crippen molar-refractivity contribution >= 4 is 16.8 Å². The molecule has 0 aliphatic carbocycles. The fraction of sp³-hybridized carbons (Fsp3) is 0. The predicted octanol–water partition coefficient (Wildman–Crippen LogP) is 2.33. The summed E-state index contributed by atoms with van der Waals surface area (Å²) in [6.45, 7) is 0. The number of nitrogens with zero attached hydrogens (tertiary/aromatic N) is 1. The summed E-state index contributed by atoms with van der Waals surface area (Å²) in [6, 6.07) is 13.3. The molecule has 3 aromatic rings. The maximum atomic E-state index is 11.5. The highest BCUT2D eigenvalue weighted by Crippen LogP contribution is 2.30. The van der Waals surface area contributed by atoms with Gasteiger partial charge in [-0.1, -0.05) is 24.3 Å². The van der Waals surface area contributed by atoms with Crippen molar-refractivity contribution in [2.75, 3.05) is 0 Å². The van der Waals surface area contributed by atoms with Crippen molar-refractivity contribution in [1.82, 2.24) is 9.97 Å². The van der Waals surface area contributed by atoms with E-state index in [1.807, 2.05) is 42.5 Å². The first-order valence-corrected chi connectivity index (χ1v) is 5.59. The lowest BCUT2D eigenvalue weighted by molar-refractivity contribution is 0.0997. The van der Waals surface area contributed by atoms with Crippen molar-refractivity contribution in [3.63, 3.8) is 0 Å². The molecule has 1 aromatic carbocycles. The van der Waals surface area contributed by atoms with Crippen LogP contribution in [0, 0.1) is 0 Å². The van der Waals surface area contributed by atoms with E-state index in [2.05, 4.69) is 9.97 Å². The Bertz CT molecular complexity index is 716. The predicted molar refractivity (Wildman–Crippen MR) is 70.0 cm³/mol. The third kappa shape index (κ3) is 1.55. The summed E-state index contributed by atoms with van der Waals surface area (Å²) in [5.41, 5.74) is 8.20. The highest BCUT2D eigenvalue weighted by Gasteiger charge is 2.17. The molecular formula is C14H11N3O. The third-order valence-electron chi connectivity index (χ3n) is 2.87. The average molecular weight is 237 g/mol. The number of hydrogen-bond donors (Lipinski definition) is 2.